The second kappa shape index (κ2) is 7.95. The molecule has 1 atom stereocenters. The summed E-state index contributed by atoms with van der Waals surface area (Å²) < 4.78 is 12.4. The van der Waals surface area contributed by atoms with Gasteiger partial charge in [0.2, 0.25) is 5.76 Å². The largest absolute Gasteiger partial charge is 0.494 e. The van der Waals surface area contributed by atoms with Gasteiger partial charge in [0.05, 0.1) is 23.6 Å². The first-order chi connectivity index (χ1) is 15.5. The van der Waals surface area contributed by atoms with Gasteiger partial charge in [0.15, 0.2) is 5.43 Å². The fourth-order valence-corrected chi connectivity index (χ4v) is 4.59. The van der Waals surface area contributed by atoms with E-state index < -0.39 is 6.04 Å². The number of amides is 1. The normalized spacial score (nSPS) is 15.3. The maximum absolute atomic E-state index is 13.6. The molecule has 0 bridgehead atoms. The number of carbonyl (C=O) groups is 1. The third-order valence-corrected chi connectivity index (χ3v) is 6.11. The van der Waals surface area contributed by atoms with Gasteiger partial charge in [0.1, 0.15) is 11.3 Å². The van der Waals surface area contributed by atoms with Crippen LogP contribution in [0.2, 0.25) is 0 Å². The first kappa shape index (κ1) is 20.5. The van der Waals surface area contributed by atoms with Crippen LogP contribution >= 0.6 is 15.9 Å². The van der Waals surface area contributed by atoms with Gasteiger partial charge in [-0.25, -0.2) is 0 Å². The molecule has 2 heterocycles. The second-order valence-electron chi connectivity index (χ2n) is 7.73. The molecule has 0 saturated carbocycles. The smallest absolute Gasteiger partial charge is 0.295 e. The summed E-state index contributed by atoms with van der Waals surface area (Å²) in [6.45, 7) is 4.41. The molecule has 0 saturated heterocycles. The van der Waals surface area contributed by atoms with Gasteiger partial charge in [-0.05, 0) is 61.9 Å². The van der Waals surface area contributed by atoms with Crippen molar-refractivity contribution in [2.45, 2.75) is 19.9 Å². The molecule has 160 valence electrons. The topological polar surface area (TPSA) is 59.8 Å². The number of hydrogen-bond acceptors (Lipinski definition) is 4. The van der Waals surface area contributed by atoms with Crippen molar-refractivity contribution in [3.05, 3.63) is 104 Å². The first-order valence-corrected chi connectivity index (χ1v) is 11.2. The van der Waals surface area contributed by atoms with Crippen LogP contribution < -0.4 is 15.1 Å². The number of halogens is 1. The average Bonchev–Trinajstić information content (AvgIpc) is 3.08. The fraction of sp³-hybridized carbons (Fsp3) is 0.154. The predicted molar refractivity (Wildman–Crippen MR) is 128 cm³/mol. The second-order valence-corrected chi connectivity index (χ2v) is 8.65. The van der Waals surface area contributed by atoms with Crippen LogP contribution in [0, 0.1) is 6.92 Å². The number of aryl methyl sites for hydroxylation is 1. The van der Waals surface area contributed by atoms with E-state index in [0.29, 0.717) is 28.8 Å². The number of benzene rings is 3. The Morgan fingerprint density at radius 1 is 1.03 bits per heavy atom. The summed E-state index contributed by atoms with van der Waals surface area (Å²) in [5.74, 6) is 0.484. The van der Waals surface area contributed by atoms with Crippen molar-refractivity contribution in [2.75, 3.05) is 11.5 Å². The molecule has 1 unspecified atom stereocenters. The molecule has 4 aromatic rings. The summed E-state index contributed by atoms with van der Waals surface area (Å²) in [5.41, 5.74) is 3.02. The molecule has 0 aliphatic carbocycles. The summed E-state index contributed by atoms with van der Waals surface area (Å²) in [6, 6.07) is 19.8. The molecule has 1 amide bonds. The zero-order valence-electron chi connectivity index (χ0n) is 17.6. The highest BCUT2D eigenvalue weighted by atomic mass is 79.9. The number of hydrogen-bond donors (Lipinski definition) is 0. The molecular formula is C26H20BrNO4. The van der Waals surface area contributed by atoms with Crippen LogP contribution in [-0.4, -0.2) is 12.5 Å². The van der Waals surface area contributed by atoms with Crippen molar-refractivity contribution in [2.24, 2.45) is 0 Å². The lowest BCUT2D eigenvalue weighted by atomic mass is 9.98. The number of nitrogens with zero attached hydrogens (tertiary/aromatic N) is 1. The molecule has 0 spiro atoms. The average molecular weight is 490 g/mol. The van der Waals surface area contributed by atoms with Gasteiger partial charge < -0.3 is 9.15 Å². The van der Waals surface area contributed by atoms with Gasteiger partial charge in [-0.15, -0.1) is 0 Å². The summed E-state index contributed by atoms with van der Waals surface area (Å²) in [5, 5.41) is 0.476. The van der Waals surface area contributed by atoms with Crippen LogP contribution in [0.5, 0.6) is 5.75 Å². The van der Waals surface area contributed by atoms with E-state index in [1.807, 2.05) is 74.5 Å². The van der Waals surface area contributed by atoms with Crippen molar-refractivity contribution in [1.29, 1.82) is 0 Å². The van der Waals surface area contributed by atoms with E-state index >= 15 is 0 Å². The lowest BCUT2D eigenvalue weighted by Gasteiger charge is -2.25. The molecule has 1 aliphatic heterocycles. The SMILES string of the molecule is CCOc1ccc(C2c3c(oc4ccc(C)cc4c3=O)C(=O)N2c2cccc(Br)c2)cc1. The summed E-state index contributed by atoms with van der Waals surface area (Å²) in [4.78, 5) is 28.8. The Kier molecular flexibility index (Phi) is 5.10. The van der Waals surface area contributed by atoms with Crippen LogP contribution in [0.15, 0.2) is 80.4 Å². The monoisotopic (exact) mass is 489 g/mol. The summed E-state index contributed by atoms with van der Waals surface area (Å²) in [6.07, 6.45) is 0. The Morgan fingerprint density at radius 2 is 1.81 bits per heavy atom. The maximum atomic E-state index is 13.6. The zero-order valence-corrected chi connectivity index (χ0v) is 19.2. The van der Waals surface area contributed by atoms with Gasteiger partial charge in [0.25, 0.3) is 5.91 Å². The Morgan fingerprint density at radius 3 is 2.53 bits per heavy atom. The number of anilines is 1. The number of carbonyl (C=O) groups excluding carboxylic acids is 1. The third-order valence-electron chi connectivity index (χ3n) is 5.62. The van der Waals surface area contributed by atoms with Gasteiger partial charge in [-0.1, -0.05) is 45.8 Å². The van der Waals surface area contributed by atoms with E-state index in [2.05, 4.69) is 15.9 Å². The summed E-state index contributed by atoms with van der Waals surface area (Å²) in [7, 11) is 0. The quantitative estimate of drug-likeness (QED) is 0.352. The van der Waals surface area contributed by atoms with E-state index in [1.165, 1.54) is 0 Å². The van der Waals surface area contributed by atoms with E-state index in [1.54, 1.807) is 11.0 Å². The van der Waals surface area contributed by atoms with Gasteiger partial charge in [0, 0.05) is 10.2 Å². The van der Waals surface area contributed by atoms with Gasteiger partial charge >= 0.3 is 0 Å². The molecule has 0 fully saturated rings. The molecule has 5 rings (SSSR count). The maximum Gasteiger partial charge on any atom is 0.295 e. The van der Waals surface area contributed by atoms with Crippen molar-refractivity contribution >= 4 is 38.5 Å². The highest BCUT2D eigenvalue weighted by Crippen LogP contribution is 2.42. The Balaban J connectivity index is 1.77. The highest BCUT2D eigenvalue weighted by molar-refractivity contribution is 9.10. The molecule has 1 aromatic heterocycles. The van der Waals surface area contributed by atoms with E-state index in [4.69, 9.17) is 9.15 Å². The van der Waals surface area contributed by atoms with Crippen molar-refractivity contribution in [3.8, 4) is 5.75 Å². The minimum Gasteiger partial charge on any atom is -0.494 e. The van der Waals surface area contributed by atoms with Crippen molar-refractivity contribution < 1.29 is 13.9 Å². The minimum absolute atomic E-state index is 0.0882. The lowest BCUT2D eigenvalue weighted by Crippen LogP contribution is -2.29. The minimum atomic E-state index is -0.608. The Bertz CT molecular complexity index is 1410. The number of ether oxygens (including phenoxy) is 1. The number of rotatable bonds is 4. The Hall–Kier alpha value is -3.38. The van der Waals surface area contributed by atoms with E-state index in [0.717, 1.165) is 21.3 Å². The Labute approximate surface area is 193 Å². The highest BCUT2D eigenvalue weighted by Gasteiger charge is 2.43. The molecule has 3 aromatic carbocycles. The van der Waals surface area contributed by atoms with Crippen molar-refractivity contribution in [3.63, 3.8) is 0 Å². The van der Waals surface area contributed by atoms with Crippen LogP contribution in [0.25, 0.3) is 11.0 Å². The van der Waals surface area contributed by atoms with Crippen molar-refractivity contribution in [1.82, 2.24) is 0 Å². The van der Waals surface area contributed by atoms with E-state index in [9.17, 15) is 9.59 Å². The predicted octanol–water partition coefficient (Wildman–Crippen LogP) is 6.01. The fourth-order valence-electron chi connectivity index (χ4n) is 4.21. The van der Waals surface area contributed by atoms with Gasteiger partial charge in [-0.2, -0.15) is 0 Å². The molecular weight excluding hydrogens is 470 g/mol. The first-order valence-electron chi connectivity index (χ1n) is 10.4. The standard InChI is InChI=1S/C26H20BrNO4/c1-3-31-19-10-8-16(9-11-19)23-22-24(29)20-13-15(2)7-12-21(20)32-25(22)26(30)28(23)18-6-4-5-17(27)14-18/h4-14,23H,3H2,1-2H3. The number of fused-ring (bicyclic) bond motifs is 2. The molecule has 5 nitrogen and oxygen atoms in total. The van der Waals surface area contributed by atoms with Crippen LogP contribution in [0.4, 0.5) is 5.69 Å². The lowest BCUT2D eigenvalue weighted by molar-refractivity contribution is 0.0971. The summed E-state index contributed by atoms with van der Waals surface area (Å²) >= 11 is 3.49. The molecule has 0 N–H and O–H groups in total. The van der Waals surface area contributed by atoms with Crippen LogP contribution in [0.3, 0.4) is 0 Å². The van der Waals surface area contributed by atoms with Gasteiger partial charge in [-0.3, -0.25) is 14.5 Å². The molecule has 32 heavy (non-hydrogen) atoms. The third kappa shape index (κ3) is 3.31. The molecule has 1 aliphatic rings. The molecule has 6 heteroatoms. The zero-order chi connectivity index (χ0) is 22.4. The van der Waals surface area contributed by atoms with E-state index in [-0.39, 0.29) is 17.1 Å². The van der Waals surface area contributed by atoms with Crippen LogP contribution in [0.1, 0.15) is 40.2 Å². The van der Waals surface area contributed by atoms with Crippen LogP contribution in [-0.2, 0) is 0 Å². The molecule has 0 radical (unpaired) electrons.